The maximum Gasteiger partial charge on any atom is 1.00 e. The van der Waals surface area contributed by atoms with Crippen LogP contribution >= 0.6 is 0 Å². The van der Waals surface area contributed by atoms with Gasteiger partial charge in [0.15, 0.2) is 4.90 Å². The Balaban J connectivity index is 0.00000196. The maximum absolute atomic E-state index is 11.3. The summed E-state index contributed by atoms with van der Waals surface area (Å²) >= 11 is 0. The number of aryl methyl sites for hydroxylation is 1. The summed E-state index contributed by atoms with van der Waals surface area (Å²) in [6.45, 7) is 1.27. The monoisotopic (exact) mass is 241 g/mol. The fraction of sp³-hybridized carbons (Fsp3) is 0.286. The Labute approximate surface area is 109 Å². The molecule has 0 aliphatic heterocycles. The average Bonchev–Trinajstić information content (AvgIpc) is 1.97. The second kappa shape index (κ2) is 4.67. The molecule has 0 fully saturated rings. The first-order valence-electron chi connectivity index (χ1n) is 3.60. The Morgan fingerprint density at radius 2 is 1.93 bits per heavy atom. The van der Waals surface area contributed by atoms with E-state index in [0.717, 1.165) is 13.1 Å². The van der Waals surface area contributed by atoms with E-state index in [1.165, 1.54) is 6.92 Å². The summed E-state index contributed by atoms with van der Waals surface area (Å²) in [6.07, 6.45) is 0. The molecule has 0 atom stereocenters. The fourth-order valence-corrected chi connectivity index (χ4v) is 1.91. The van der Waals surface area contributed by atoms with Gasteiger partial charge in [0, 0.05) is 7.05 Å². The molecule has 0 bridgehead atoms. The fourth-order valence-electron chi connectivity index (χ4n) is 1.08. The Morgan fingerprint density at radius 3 is 2.33 bits per heavy atom. The minimum atomic E-state index is -4.58. The number of hydrogen-bond acceptors (Lipinski definition) is 4. The molecule has 15 heavy (non-hydrogen) atoms. The van der Waals surface area contributed by atoms with Crippen LogP contribution in [0.4, 0.5) is 0 Å². The van der Waals surface area contributed by atoms with E-state index in [0.29, 0.717) is 4.57 Å². The number of aromatic nitrogens is 1. The van der Waals surface area contributed by atoms with Crippen molar-refractivity contribution in [3.63, 3.8) is 0 Å². The minimum Gasteiger partial charge on any atom is -0.860 e. The number of rotatable bonds is 1. The molecular formula is C7H8NNaO5S. The normalized spacial score (nSPS) is 10.9. The predicted octanol–water partition coefficient (Wildman–Crippen LogP) is -3.98. The van der Waals surface area contributed by atoms with Gasteiger partial charge in [-0.2, -0.15) is 8.42 Å². The Morgan fingerprint density at radius 1 is 1.47 bits per heavy atom. The van der Waals surface area contributed by atoms with Crippen molar-refractivity contribution in [1.29, 1.82) is 0 Å². The first kappa shape index (κ1) is 14.7. The molecule has 0 aliphatic rings. The van der Waals surface area contributed by atoms with Gasteiger partial charge in [-0.25, -0.2) is 0 Å². The zero-order valence-electron chi connectivity index (χ0n) is 8.51. The molecule has 0 unspecified atom stereocenters. The molecule has 0 saturated carbocycles. The number of hydrogen-bond donors (Lipinski definition) is 1. The third kappa shape index (κ3) is 2.82. The summed E-state index contributed by atoms with van der Waals surface area (Å²) in [4.78, 5) is 10.5. The smallest absolute Gasteiger partial charge is 0.860 e. The summed E-state index contributed by atoms with van der Waals surface area (Å²) < 4.78 is 30.9. The van der Waals surface area contributed by atoms with E-state index in [1.54, 1.807) is 0 Å². The van der Waals surface area contributed by atoms with Crippen molar-refractivity contribution in [3.8, 4) is 5.88 Å². The van der Waals surface area contributed by atoms with Gasteiger partial charge < -0.3 is 9.67 Å². The van der Waals surface area contributed by atoms with Gasteiger partial charge in [0.05, 0.1) is 0 Å². The summed E-state index contributed by atoms with van der Waals surface area (Å²) in [7, 11) is -3.44. The minimum absolute atomic E-state index is 0. The van der Waals surface area contributed by atoms with Gasteiger partial charge in [-0.1, -0.05) is 0 Å². The van der Waals surface area contributed by atoms with Gasteiger partial charge in [-0.15, -0.1) is 0 Å². The molecule has 1 N–H and O–H groups in total. The van der Waals surface area contributed by atoms with Gasteiger partial charge in [0.2, 0.25) is 0 Å². The van der Waals surface area contributed by atoms with Gasteiger partial charge in [0.1, 0.15) is 0 Å². The summed E-state index contributed by atoms with van der Waals surface area (Å²) in [5.41, 5.74) is -1.07. The van der Waals surface area contributed by atoms with E-state index >= 15 is 0 Å². The topological polar surface area (TPSA) is 99.4 Å². The van der Waals surface area contributed by atoms with E-state index in [-0.39, 0.29) is 35.1 Å². The second-order valence-electron chi connectivity index (χ2n) is 2.83. The van der Waals surface area contributed by atoms with Crippen LogP contribution < -0.4 is 40.2 Å². The van der Waals surface area contributed by atoms with Crippen LogP contribution in [0, 0.1) is 6.92 Å². The quantitative estimate of drug-likeness (QED) is 0.399. The molecule has 0 amide bonds. The molecular weight excluding hydrogens is 233 g/mol. The third-order valence-electron chi connectivity index (χ3n) is 1.79. The first-order chi connectivity index (χ1) is 6.25. The maximum atomic E-state index is 11.3. The van der Waals surface area contributed by atoms with E-state index in [9.17, 15) is 18.3 Å². The van der Waals surface area contributed by atoms with Crippen LogP contribution in [-0.4, -0.2) is 17.5 Å². The van der Waals surface area contributed by atoms with Crippen molar-refractivity contribution in [2.45, 2.75) is 11.8 Å². The van der Waals surface area contributed by atoms with E-state index in [4.69, 9.17) is 4.55 Å². The number of nitrogens with zero attached hydrogens (tertiary/aromatic N) is 1. The van der Waals surface area contributed by atoms with Crippen molar-refractivity contribution in [1.82, 2.24) is 4.57 Å². The Bertz CT molecular complexity index is 533. The van der Waals surface area contributed by atoms with Gasteiger partial charge >= 0.3 is 29.6 Å². The molecule has 1 rings (SSSR count). The summed E-state index contributed by atoms with van der Waals surface area (Å²) in [5, 5.41) is 11.0. The van der Waals surface area contributed by atoms with Crippen LogP contribution in [0.2, 0.25) is 0 Å². The van der Waals surface area contributed by atoms with Crippen molar-refractivity contribution in [3.05, 3.63) is 22.0 Å². The van der Waals surface area contributed by atoms with Gasteiger partial charge in [0.25, 0.3) is 15.7 Å². The predicted molar refractivity (Wildman–Crippen MR) is 45.7 cm³/mol. The van der Waals surface area contributed by atoms with Crippen molar-refractivity contribution in [2.75, 3.05) is 0 Å². The van der Waals surface area contributed by atoms with E-state index in [1.807, 2.05) is 0 Å². The molecule has 0 spiro atoms. The average molecular weight is 241 g/mol. The van der Waals surface area contributed by atoms with Gasteiger partial charge in [-0.05, 0) is 24.4 Å². The van der Waals surface area contributed by atoms with E-state index < -0.39 is 26.5 Å². The van der Waals surface area contributed by atoms with Gasteiger partial charge in [-0.3, -0.25) is 9.35 Å². The second-order valence-corrected chi connectivity index (χ2v) is 4.19. The van der Waals surface area contributed by atoms with Crippen LogP contribution in [0.3, 0.4) is 0 Å². The molecule has 6 nitrogen and oxygen atoms in total. The zero-order valence-corrected chi connectivity index (χ0v) is 11.3. The largest absolute Gasteiger partial charge is 1.00 e. The summed E-state index contributed by atoms with van der Waals surface area (Å²) in [5.74, 6) is -0.611. The number of pyridine rings is 1. The molecule has 78 valence electrons. The molecule has 8 heteroatoms. The Hall–Kier alpha value is -0.340. The standard InChI is InChI=1S/C7H9NO5S.Na/c1-4-3-5(9)8(2)7(10)6(4)14(11,12)13;/h3,9H,1-2H3,(H,11,12,13);/q;+1/p-1. The van der Waals surface area contributed by atoms with Crippen LogP contribution in [0.1, 0.15) is 5.56 Å². The SMILES string of the molecule is Cc1cc([O-])n(C)c(=O)c1S(=O)(=O)O.[Na+]. The van der Waals surface area contributed by atoms with Crippen molar-refractivity contribution >= 4 is 10.1 Å². The molecule has 1 aromatic rings. The first-order valence-corrected chi connectivity index (χ1v) is 5.04. The van der Waals surface area contributed by atoms with Crippen LogP contribution in [0.15, 0.2) is 15.8 Å². The molecule has 1 aromatic heterocycles. The van der Waals surface area contributed by atoms with E-state index in [2.05, 4.69) is 0 Å². The zero-order chi connectivity index (χ0) is 11.1. The van der Waals surface area contributed by atoms with Crippen molar-refractivity contribution < 1.29 is 47.6 Å². The third-order valence-corrected chi connectivity index (χ3v) is 2.80. The molecule has 0 aliphatic carbocycles. The van der Waals surface area contributed by atoms with Crippen LogP contribution in [0.5, 0.6) is 5.88 Å². The van der Waals surface area contributed by atoms with Crippen LogP contribution in [-0.2, 0) is 17.2 Å². The molecule has 0 saturated heterocycles. The van der Waals surface area contributed by atoms with Crippen LogP contribution in [0.25, 0.3) is 0 Å². The molecule has 1 heterocycles. The van der Waals surface area contributed by atoms with Crippen molar-refractivity contribution in [2.24, 2.45) is 7.05 Å². The molecule has 0 aromatic carbocycles. The summed E-state index contributed by atoms with van der Waals surface area (Å²) in [6, 6.07) is 0.977. The molecule has 0 radical (unpaired) electrons. The Kier molecular flexibility index (Phi) is 4.56.